The van der Waals surface area contributed by atoms with Gasteiger partial charge in [-0.15, -0.1) is 0 Å². The van der Waals surface area contributed by atoms with Gasteiger partial charge in [-0.05, 0) is 13.0 Å². The summed E-state index contributed by atoms with van der Waals surface area (Å²) >= 11 is 0. The van der Waals surface area contributed by atoms with Gasteiger partial charge in [-0.1, -0.05) is 6.08 Å². The van der Waals surface area contributed by atoms with Crippen molar-refractivity contribution in [2.24, 2.45) is 0 Å². The van der Waals surface area contributed by atoms with E-state index in [1.165, 1.54) is 6.08 Å². The zero-order valence-electron chi connectivity index (χ0n) is 3.55. The monoisotopic (exact) mass is 122 g/mol. The van der Waals surface area contributed by atoms with Crippen molar-refractivity contribution in [3.05, 3.63) is 12.2 Å². The van der Waals surface area contributed by atoms with E-state index in [9.17, 15) is 4.79 Å². The first-order valence-corrected chi connectivity index (χ1v) is 1.48. The van der Waals surface area contributed by atoms with Crippen molar-refractivity contribution in [1.82, 2.24) is 0 Å². The summed E-state index contributed by atoms with van der Waals surface area (Å²) in [4.78, 5) is 9.32. The molecule has 0 aliphatic rings. The second-order valence-electron chi connectivity index (χ2n) is 0.662. The smallest absolute Gasteiger partial charge is 0.142 e. The van der Waals surface area contributed by atoms with Crippen LogP contribution in [0.15, 0.2) is 12.2 Å². The minimum atomic E-state index is 0. The molecule has 0 aromatic rings. The third kappa shape index (κ3) is 9.05. The van der Waals surface area contributed by atoms with Crippen molar-refractivity contribution in [1.29, 1.82) is 0 Å². The zero-order valence-corrected chi connectivity index (χ0v) is 4.82. The van der Waals surface area contributed by atoms with Crippen molar-refractivity contribution >= 4 is 6.29 Å². The van der Waals surface area contributed by atoms with Crippen molar-refractivity contribution in [2.75, 3.05) is 0 Å². The van der Waals surface area contributed by atoms with Crippen LogP contribution in [0.2, 0.25) is 0 Å². The van der Waals surface area contributed by atoms with Crippen LogP contribution in [0, 0.1) is 0 Å². The molecule has 0 unspecified atom stereocenters. The summed E-state index contributed by atoms with van der Waals surface area (Å²) in [6.07, 6.45) is 3.88. The molecular formula is C4H6CrO. The molecule has 0 N–H and O–H groups in total. The summed E-state index contributed by atoms with van der Waals surface area (Å²) in [7, 11) is 0. The molecule has 0 bridgehead atoms. The van der Waals surface area contributed by atoms with Gasteiger partial charge in [0.1, 0.15) is 6.29 Å². The van der Waals surface area contributed by atoms with Gasteiger partial charge in [0.15, 0.2) is 0 Å². The number of aldehydes is 1. The molecule has 6 heavy (non-hydrogen) atoms. The standard InChI is InChI=1S/C4H6O.Cr/c1-2-3-4-5;/h2-4H,1H3;. The molecule has 0 atom stereocenters. The number of carbonyl (C=O) groups excluding carboxylic acids is 1. The van der Waals surface area contributed by atoms with Crippen LogP contribution >= 0.6 is 0 Å². The van der Waals surface area contributed by atoms with E-state index in [0.29, 0.717) is 0 Å². The predicted molar refractivity (Wildman–Crippen MR) is 20.9 cm³/mol. The van der Waals surface area contributed by atoms with Gasteiger partial charge in [-0.25, -0.2) is 0 Å². The van der Waals surface area contributed by atoms with E-state index < -0.39 is 0 Å². The Morgan fingerprint density at radius 3 is 2.00 bits per heavy atom. The van der Waals surface area contributed by atoms with E-state index in [1.807, 2.05) is 0 Å². The second kappa shape index (κ2) is 8.87. The molecule has 0 saturated heterocycles. The molecule has 0 radical (unpaired) electrons. The first kappa shape index (κ1) is 9.34. The molecule has 0 rings (SSSR count). The maximum atomic E-state index is 9.32. The summed E-state index contributed by atoms with van der Waals surface area (Å²) in [6, 6.07) is 0. The number of rotatable bonds is 1. The molecule has 2 heteroatoms. The van der Waals surface area contributed by atoms with Gasteiger partial charge in [0, 0.05) is 17.4 Å². The Bertz CT molecular complexity index is 49.5. The van der Waals surface area contributed by atoms with Gasteiger partial charge in [0.2, 0.25) is 0 Å². The third-order valence-corrected chi connectivity index (χ3v) is 0.271. The largest absolute Gasteiger partial charge is 0.299 e. The van der Waals surface area contributed by atoms with E-state index in [2.05, 4.69) is 0 Å². The second-order valence-corrected chi connectivity index (χ2v) is 0.662. The Labute approximate surface area is 48.2 Å². The Balaban J connectivity index is 0. The maximum Gasteiger partial charge on any atom is 0.142 e. The molecule has 0 saturated carbocycles. The molecule has 0 spiro atoms. The summed E-state index contributed by atoms with van der Waals surface area (Å²) in [5, 5.41) is 0. The van der Waals surface area contributed by atoms with Crippen molar-refractivity contribution < 1.29 is 22.2 Å². The number of carbonyl (C=O) groups is 1. The Morgan fingerprint density at radius 1 is 1.50 bits per heavy atom. The zero-order chi connectivity index (χ0) is 4.12. The maximum absolute atomic E-state index is 9.32. The topological polar surface area (TPSA) is 17.1 Å². The summed E-state index contributed by atoms with van der Waals surface area (Å²) in [6.45, 7) is 1.80. The van der Waals surface area contributed by atoms with E-state index in [4.69, 9.17) is 0 Å². The number of hydrogen-bond acceptors (Lipinski definition) is 1. The van der Waals surface area contributed by atoms with Crippen molar-refractivity contribution in [3.63, 3.8) is 0 Å². The molecule has 34 valence electrons. The van der Waals surface area contributed by atoms with Crippen LogP contribution in [0.1, 0.15) is 6.92 Å². The fraction of sp³-hybridized carbons (Fsp3) is 0.250. The van der Waals surface area contributed by atoms with Crippen molar-refractivity contribution in [2.45, 2.75) is 6.92 Å². The van der Waals surface area contributed by atoms with Gasteiger partial charge in [0.05, 0.1) is 0 Å². The van der Waals surface area contributed by atoms with Gasteiger partial charge < -0.3 is 0 Å². The summed E-state index contributed by atoms with van der Waals surface area (Å²) in [5.41, 5.74) is 0. The van der Waals surface area contributed by atoms with E-state index in [1.54, 1.807) is 13.0 Å². The van der Waals surface area contributed by atoms with Crippen LogP contribution in [0.25, 0.3) is 0 Å². The van der Waals surface area contributed by atoms with Crippen LogP contribution in [0.5, 0.6) is 0 Å². The molecule has 1 nitrogen and oxygen atoms in total. The molecule has 0 aromatic heterocycles. The molecular weight excluding hydrogens is 116 g/mol. The predicted octanol–water partition coefficient (Wildman–Crippen LogP) is 0.759. The molecule has 0 aliphatic carbocycles. The minimum absolute atomic E-state index is 0. The van der Waals surface area contributed by atoms with E-state index in [0.717, 1.165) is 6.29 Å². The average Bonchev–Trinajstić information content (AvgIpc) is 1.41. The van der Waals surface area contributed by atoms with E-state index in [-0.39, 0.29) is 17.4 Å². The fourth-order valence-electron chi connectivity index (χ4n) is 0.0786. The first-order chi connectivity index (χ1) is 2.41. The van der Waals surface area contributed by atoms with Gasteiger partial charge >= 0.3 is 0 Å². The SMILES string of the molecule is CC=CC=O.[Cr]. The number of allylic oxidation sites excluding steroid dienone is 2. The van der Waals surface area contributed by atoms with Crippen molar-refractivity contribution in [3.8, 4) is 0 Å². The molecule has 0 heterocycles. The summed E-state index contributed by atoms with van der Waals surface area (Å²) < 4.78 is 0. The van der Waals surface area contributed by atoms with Crippen LogP contribution < -0.4 is 0 Å². The van der Waals surface area contributed by atoms with Crippen LogP contribution in [0.4, 0.5) is 0 Å². The van der Waals surface area contributed by atoms with Crippen LogP contribution in [-0.2, 0) is 22.2 Å². The van der Waals surface area contributed by atoms with Crippen LogP contribution in [0.3, 0.4) is 0 Å². The van der Waals surface area contributed by atoms with Gasteiger partial charge in [-0.2, -0.15) is 0 Å². The third-order valence-electron chi connectivity index (χ3n) is 0.271. The quantitative estimate of drug-likeness (QED) is 0.370. The molecule has 0 amide bonds. The molecule has 0 aliphatic heterocycles. The van der Waals surface area contributed by atoms with Crippen LogP contribution in [-0.4, -0.2) is 6.29 Å². The number of hydrogen-bond donors (Lipinski definition) is 0. The average molecular weight is 122 g/mol. The Hall–Kier alpha value is -0.0575. The minimum Gasteiger partial charge on any atom is -0.299 e. The Morgan fingerprint density at radius 2 is 2.00 bits per heavy atom. The Kier molecular flexibility index (Phi) is 13.8. The molecule has 0 aromatic carbocycles. The summed E-state index contributed by atoms with van der Waals surface area (Å²) in [5.74, 6) is 0. The van der Waals surface area contributed by atoms with E-state index >= 15 is 0 Å². The van der Waals surface area contributed by atoms with Gasteiger partial charge in [-0.3, -0.25) is 4.79 Å². The van der Waals surface area contributed by atoms with Gasteiger partial charge in [0.25, 0.3) is 0 Å². The normalized spacial score (nSPS) is 7.50. The fourth-order valence-corrected chi connectivity index (χ4v) is 0.0786. The first-order valence-electron chi connectivity index (χ1n) is 1.48. The molecule has 0 fully saturated rings.